The van der Waals surface area contributed by atoms with Crippen molar-refractivity contribution in [2.45, 2.75) is 17.7 Å². The summed E-state index contributed by atoms with van der Waals surface area (Å²) in [6, 6.07) is 23.2. The van der Waals surface area contributed by atoms with Crippen molar-refractivity contribution >= 4 is 33.4 Å². The Hall–Kier alpha value is -2.39. The summed E-state index contributed by atoms with van der Waals surface area (Å²) in [6.45, 7) is 1.95. The Bertz CT molecular complexity index is 990. The van der Waals surface area contributed by atoms with E-state index >= 15 is 0 Å². The van der Waals surface area contributed by atoms with Gasteiger partial charge in [0.05, 0.1) is 5.52 Å². The van der Waals surface area contributed by atoms with Crippen molar-refractivity contribution in [3.8, 4) is 0 Å². The van der Waals surface area contributed by atoms with Crippen molar-refractivity contribution < 1.29 is 0 Å². The second-order valence-electron chi connectivity index (χ2n) is 5.52. The van der Waals surface area contributed by atoms with Crippen LogP contribution >= 0.6 is 11.8 Å². The van der Waals surface area contributed by atoms with E-state index in [-0.39, 0.29) is 0 Å². The van der Waals surface area contributed by atoms with Gasteiger partial charge in [0.2, 0.25) is 0 Å². The molecule has 0 bridgehead atoms. The van der Waals surface area contributed by atoms with Crippen molar-refractivity contribution in [1.29, 1.82) is 0 Å². The van der Waals surface area contributed by atoms with E-state index in [0.29, 0.717) is 0 Å². The third kappa shape index (κ3) is 2.80. The molecule has 0 N–H and O–H groups in total. The van der Waals surface area contributed by atoms with Crippen LogP contribution in [0.1, 0.15) is 11.4 Å². The molecular formula is C20H16N2S. The van der Waals surface area contributed by atoms with Crippen molar-refractivity contribution in [1.82, 2.24) is 9.97 Å². The minimum Gasteiger partial charge on any atom is -0.233 e. The molecule has 4 rings (SSSR count). The summed E-state index contributed by atoms with van der Waals surface area (Å²) in [5, 5.41) is 4.79. The lowest BCUT2D eigenvalue weighted by atomic mass is 10.1. The van der Waals surface area contributed by atoms with Gasteiger partial charge in [0, 0.05) is 11.1 Å². The maximum atomic E-state index is 4.65. The van der Waals surface area contributed by atoms with Gasteiger partial charge >= 0.3 is 0 Å². The van der Waals surface area contributed by atoms with E-state index in [1.54, 1.807) is 11.8 Å². The zero-order chi connectivity index (χ0) is 15.6. The van der Waals surface area contributed by atoms with Gasteiger partial charge in [-0.2, -0.15) is 0 Å². The van der Waals surface area contributed by atoms with Crippen LogP contribution in [0.25, 0.3) is 21.7 Å². The maximum Gasteiger partial charge on any atom is 0.127 e. The highest BCUT2D eigenvalue weighted by atomic mass is 32.2. The Labute approximate surface area is 139 Å². The number of thioether (sulfide) groups is 1. The fourth-order valence-electron chi connectivity index (χ4n) is 2.83. The largest absolute Gasteiger partial charge is 0.233 e. The lowest BCUT2D eigenvalue weighted by Crippen LogP contribution is -1.93. The molecule has 2 nitrogen and oxygen atoms in total. The van der Waals surface area contributed by atoms with Gasteiger partial charge in [-0.05, 0) is 29.3 Å². The van der Waals surface area contributed by atoms with Crippen LogP contribution < -0.4 is 0 Å². The fraction of sp³-hybridized carbons (Fsp3) is 0.100. The van der Waals surface area contributed by atoms with Crippen LogP contribution in [0.5, 0.6) is 0 Å². The van der Waals surface area contributed by atoms with Gasteiger partial charge in [0.1, 0.15) is 10.9 Å². The molecule has 0 atom stereocenters. The van der Waals surface area contributed by atoms with Gasteiger partial charge in [-0.25, -0.2) is 9.97 Å². The van der Waals surface area contributed by atoms with Crippen LogP contribution in [-0.4, -0.2) is 9.97 Å². The first-order valence-corrected chi connectivity index (χ1v) is 8.63. The fourth-order valence-corrected chi connectivity index (χ4v) is 3.90. The Kier molecular flexibility index (Phi) is 3.72. The van der Waals surface area contributed by atoms with E-state index in [9.17, 15) is 0 Å². The predicted octanol–water partition coefficient (Wildman–Crippen LogP) is 5.38. The van der Waals surface area contributed by atoms with E-state index in [1.807, 2.05) is 25.1 Å². The SMILES string of the molecule is Cc1nc(SCc2cccc3ccccc23)c2ccccc2n1. The Morgan fingerprint density at radius 2 is 1.52 bits per heavy atom. The summed E-state index contributed by atoms with van der Waals surface area (Å²) in [6.07, 6.45) is 0. The molecule has 0 spiro atoms. The van der Waals surface area contributed by atoms with E-state index < -0.39 is 0 Å². The summed E-state index contributed by atoms with van der Waals surface area (Å²) < 4.78 is 0. The lowest BCUT2D eigenvalue weighted by Gasteiger charge is -2.08. The summed E-state index contributed by atoms with van der Waals surface area (Å²) in [5.74, 6) is 1.73. The molecule has 0 amide bonds. The summed E-state index contributed by atoms with van der Waals surface area (Å²) in [7, 11) is 0. The number of aromatic nitrogens is 2. The summed E-state index contributed by atoms with van der Waals surface area (Å²) in [5.41, 5.74) is 2.36. The van der Waals surface area contributed by atoms with E-state index in [1.165, 1.54) is 16.3 Å². The van der Waals surface area contributed by atoms with Gasteiger partial charge in [-0.1, -0.05) is 60.7 Å². The first kappa shape index (κ1) is 14.2. The minimum absolute atomic E-state index is 0.823. The third-order valence-electron chi connectivity index (χ3n) is 3.92. The number of hydrogen-bond acceptors (Lipinski definition) is 3. The smallest absolute Gasteiger partial charge is 0.127 e. The van der Waals surface area contributed by atoms with Crippen LogP contribution in [0.15, 0.2) is 71.8 Å². The molecule has 0 radical (unpaired) electrons. The average molecular weight is 316 g/mol. The van der Waals surface area contributed by atoms with Crippen molar-refractivity contribution in [2.75, 3.05) is 0 Å². The van der Waals surface area contributed by atoms with Crippen LogP contribution in [0.4, 0.5) is 0 Å². The van der Waals surface area contributed by atoms with Gasteiger partial charge in [-0.15, -0.1) is 11.8 Å². The summed E-state index contributed by atoms with van der Waals surface area (Å²) in [4.78, 5) is 9.17. The molecule has 0 unspecified atom stereocenters. The number of benzene rings is 3. The first-order valence-electron chi connectivity index (χ1n) is 7.64. The Balaban J connectivity index is 1.71. The van der Waals surface area contributed by atoms with Crippen molar-refractivity contribution in [3.05, 3.63) is 78.1 Å². The zero-order valence-electron chi connectivity index (χ0n) is 12.9. The highest BCUT2D eigenvalue weighted by molar-refractivity contribution is 7.98. The van der Waals surface area contributed by atoms with Gasteiger partial charge in [-0.3, -0.25) is 0 Å². The van der Waals surface area contributed by atoms with Crippen molar-refractivity contribution in [2.24, 2.45) is 0 Å². The van der Waals surface area contributed by atoms with Crippen molar-refractivity contribution in [3.63, 3.8) is 0 Å². The molecule has 3 heteroatoms. The second-order valence-corrected chi connectivity index (χ2v) is 6.48. The van der Waals surface area contributed by atoms with Crippen LogP contribution in [-0.2, 0) is 5.75 Å². The minimum atomic E-state index is 0.823. The molecule has 0 saturated carbocycles. The number of para-hydroxylation sites is 1. The van der Waals surface area contributed by atoms with Gasteiger partial charge in [0.25, 0.3) is 0 Å². The maximum absolute atomic E-state index is 4.65. The molecule has 0 aliphatic rings. The topological polar surface area (TPSA) is 25.8 Å². The molecule has 1 heterocycles. The van der Waals surface area contributed by atoms with E-state index in [4.69, 9.17) is 0 Å². The van der Waals surface area contributed by atoms with Crippen LogP contribution in [0.2, 0.25) is 0 Å². The molecule has 23 heavy (non-hydrogen) atoms. The highest BCUT2D eigenvalue weighted by Gasteiger charge is 2.07. The third-order valence-corrected chi connectivity index (χ3v) is 4.96. The zero-order valence-corrected chi connectivity index (χ0v) is 13.7. The number of rotatable bonds is 3. The molecule has 0 aliphatic carbocycles. The normalized spacial score (nSPS) is 11.2. The van der Waals surface area contributed by atoms with E-state index in [2.05, 4.69) is 58.5 Å². The van der Waals surface area contributed by atoms with Gasteiger partial charge in [0.15, 0.2) is 0 Å². The molecule has 0 aliphatic heterocycles. The average Bonchev–Trinajstić information content (AvgIpc) is 2.59. The second kappa shape index (κ2) is 6.01. The molecular weight excluding hydrogens is 300 g/mol. The quantitative estimate of drug-likeness (QED) is 0.375. The number of hydrogen-bond donors (Lipinski definition) is 0. The van der Waals surface area contributed by atoms with Crippen LogP contribution in [0.3, 0.4) is 0 Å². The lowest BCUT2D eigenvalue weighted by molar-refractivity contribution is 1.01. The predicted molar refractivity (Wildman–Crippen MR) is 97.8 cm³/mol. The van der Waals surface area contributed by atoms with Gasteiger partial charge < -0.3 is 0 Å². The first-order chi connectivity index (χ1) is 11.3. The molecule has 0 fully saturated rings. The van der Waals surface area contributed by atoms with E-state index in [0.717, 1.165) is 27.5 Å². The molecule has 3 aromatic carbocycles. The number of nitrogens with zero attached hydrogens (tertiary/aromatic N) is 2. The standard InChI is InChI=1S/C20H16N2S/c1-14-21-19-12-5-4-11-18(19)20(22-14)23-13-16-9-6-8-15-7-2-3-10-17(15)16/h2-12H,13H2,1H3. The molecule has 112 valence electrons. The molecule has 1 aromatic heterocycles. The Morgan fingerprint density at radius 1 is 0.783 bits per heavy atom. The molecule has 0 saturated heterocycles. The Morgan fingerprint density at radius 3 is 2.43 bits per heavy atom. The summed E-state index contributed by atoms with van der Waals surface area (Å²) >= 11 is 1.78. The number of aryl methyl sites for hydroxylation is 1. The molecule has 4 aromatic rings. The van der Waals surface area contributed by atoms with Crippen LogP contribution in [0, 0.1) is 6.92 Å². The number of fused-ring (bicyclic) bond motifs is 2. The highest BCUT2D eigenvalue weighted by Crippen LogP contribution is 2.30. The monoisotopic (exact) mass is 316 g/mol.